The van der Waals surface area contributed by atoms with Crippen LogP contribution in [-0.2, 0) is 14.8 Å². The predicted molar refractivity (Wildman–Crippen MR) is 117 cm³/mol. The van der Waals surface area contributed by atoms with Crippen LogP contribution >= 0.6 is 0 Å². The largest absolute Gasteiger partial charge is 0.487 e. The van der Waals surface area contributed by atoms with Crippen LogP contribution in [0.25, 0.3) is 0 Å². The number of rotatable bonds is 7. The molecule has 6 nitrogen and oxygen atoms in total. The zero-order valence-electron chi connectivity index (χ0n) is 18.0. The molecule has 0 fully saturated rings. The molecule has 0 saturated carbocycles. The number of hydrogen-bond donors (Lipinski definition) is 1. The van der Waals surface area contributed by atoms with Crippen molar-refractivity contribution in [2.24, 2.45) is 0 Å². The lowest BCUT2D eigenvalue weighted by atomic mass is 9.89. The molecule has 1 unspecified atom stereocenters. The molecule has 7 heteroatoms. The molecule has 1 N–H and O–H groups in total. The third kappa shape index (κ3) is 5.21. The van der Waals surface area contributed by atoms with Crippen molar-refractivity contribution in [1.29, 1.82) is 0 Å². The topological polar surface area (TPSA) is 75.7 Å². The van der Waals surface area contributed by atoms with Crippen LogP contribution in [0, 0.1) is 6.92 Å². The van der Waals surface area contributed by atoms with Crippen molar-refractivity contribution in [3.63, 3.8) is 0 Å². The number of carbonyl (C=O) groups excluding carboxylic acids is 1. The van der Waals surface area contributed by atoms with Gasteiger partial charge in [-0.15, -0.1) is 0 Å². The number of carbonyl (C=O) groups is 1. The maximum absolute atomic E-state index is 12.6. The van der Waals surface area contributed by atoms with Crippen LogP contribution < -0.4 is 10.1 Å². The first-order valence-corrected chi connectivity index (χ1v) is 11.6. The SMILES string of the molecule is Cc1ccc2c(c1)C(NC(=O)CCCN(C)S(=O)(=O)c1ccccc1)CC(C)(C)O2. The van der Waals surface area contributed by atoms with Gasteiger partial charge < -0.3 is 10.1 Å². The van der Waals surface area contributed by atoms with Gasteiger partial charge in [-0.2, -0.15) is 0 Å². The first-order valence-electron chi connectivity index (χ1n) is 10.2. The molecule has 1 atom stereocenters. The summed E-state index contributed by atoms with van der Waals surface area (Å²) in [4.78, 5) is 12.9. The summed E-state index contributed by atoms with van der Waals surface area (Å²) in [6, 6.07) is 14.2. The summed E-state index contributed by atoms with van der Waals surface area (Å²) in [7, 11) is -2.00. The van der Waals surface area contributed by atoms with E-state index in [1.54, 1.807) is 37.4 Å². The molecule has 1 amide bonds. The normalized spacial score (nSPS) is 17.8. The van der Waals surface area contributed by atoms with Crippen LogP contribution in [0.2, 0.25) is 0 Å². The molecule has 0 saturated heterocycles. The maximum Gasteiger partial charge on any atom is 0.242 e. The van der Waals surface area contributed by atoms with E-state index in [1.807, 2.05) is 32.9 Å². The molecular formula is C23H30N2O4S. The number of ether oxygens (including phenoxy) is 1. The van der Waals surface area contributed by atoms with Crippen molar-refractivity contribution in [2.75, 3.05) is 13.6 Å². The Morgan fingerprint density at radius 3 is 2.60 bits per heavy atom. The zero-order valence-corrected chi connectivity index (χ0v) is 18.8. The minimum Gasteiger partial charge on any atom is -0.487 e. The van der Waals surface area contributed by atoms with Gasteiger partial charge in [0, 0.05) is 32.0 Å². The van der Waals surface area contributed by atoms with Crippen LogP contribution in [0.1, 0.15) is 50.3 Å². The van der Waals surface area contributed by atoms with E-state index in [1.165, 1.54) is 4.31 Å². The highest BCUT2D eigenvalue weighted by molar-refractivity contribution is 7.89. The van der Waals surface area contributed by atoms with Gasteiger partial charge in [0.2, 0.25) is 15.9 Å². The van der Waals surface area contributed by atoms with E-state index in [0.29, 0.717) is 12.8 Å². The van der Waals surface area contributed by atoms with E-state index < -0.39 is 10.0 Å². The van der Waals surface area contributed by atoms with E-state index in [0.717, 1.165) is 16.9 Å². The average molecular weight is 431 g/mol. The van der Waals surface area contributed by atoms with Gasteiger partial charge in [0.1, 0.15) is 11.4 Å². The van der Waals surface area contributed by atoms with Crippen molar-refractivity contribution < 1.29 is 17.9 Å². The van der Waals surface area contributed by atoms with Crippen LogP contribution in [0.15, 0.2) is 53.4 Å². The first-order chi connectivity index (χ1) is 14.1. The Balaban J connectivity index is 1.58. The summed E-state index contributed by atoms with van der Waals surface area (Å²) in [5.74, 6) is 0.714. The van der Waals surface area contributed by atoms with Crippen molar-refractivity contribution in [2.45, 2.75) is 56.6 Å². The van der Waals surface area contributed by atoms with Crippen LogP contribution in [0.5, 0.6) is 5.75 Å². The summed E-state index contributed by atoms with van der Waals surface area (Å²) in [6.45, 7) is 6.32. The van der Waals surface area contributed by atoms with Gasteiger partial charge in [-0.1, -0.05) is 35.9 Å². The molecule has 0 spiro atoms. The second-order valence-corrected chi connectivity index (χ2v) is 10.5. The van der Waals surface area contributed by atoms with Crippen molar-refractivity contribution in [3.8, 4) is 5.75 Å². The Labute approximate surface area is 179 Å². The van der Waals surface area contributed by atoms with Gasteiger partial charge in [0.25, 0.3) is 0 Å². The second-order valence-electron chi connectivity index (χ2n) is 8.47. The van der Waals surface area contributed by atoms with E-state index in [2.05, 4.69) is 11.4 Å². The predicted octanol–water partition coefficient (Wildman–Crippen LogP) is 3.81. The summed E-state index contributed by atoms with van der Waals surface area (Å²) in [6.07, 6.45) is 1.38. The third-order valence-corrected chi connectivity index (χ3v) is 7.16. The number of aryl methyl sites for hydroxylation is 1. The molecule has 2 aromatic rings. The van der Waals surface area contributed by atoms with Crippen LogP contribution in [-0.4, -0.2) is 37.8 Å². The maximum atomic E-state index is 12.6. The molecule has 2 aromatic carbocycles. The number of nitrogens with one attached hydrogen (secondary N) is 1. The summed E-state index contributed by atoms with van der Waals surface area (Å²) in [5, 5.41) is 3.12. The Morgan fingerprint density at radius 2 is 1.90 bits per heavy atom. The molecule has 0 radical (unpaired) electrons. The highest BCUT2D eigenvalue weighted by Crippen LogP contribution is 2.39. The molecule has 0 aliphatic carbocycles. The molecule has 1 aliphatic heterocycles. The Hall–Kier alpha value is -2.38. The third-order valence-electron chi connectivity index (χ3n) is 5.29. The van der Waals surface area contributed by atoms with Gasteiger partial charge >= 0.3 is 0 Å². The molecule has 1 aliphatic rings. The standard InChI is InChI=1S/C23H30N2O4S/c1-17-12-13-21-19(15-17)20(16-23(2,3)29-21)24-22(26)11-8-14-25(4)30(27,28)18-9-6-5-7-10-18/h5-7,9-10,12-13,15,20H,8,11,14,16H2,1-4H3,(H,24,26). The number of hydrogen-bond acceptors (Lipinski definition) is 4. The Morgan fingerprint density at radius 1 is 1.20 bits per heavy atom. The Bertz CT molecular complexity index is 1000. The van der Waals surface area contributed by atoms with E-state index in [-0.39, 0.29) is 35.4 Å². The monoisotopic (exact) mass is 430 g/mol. The van der Waals surface area contributed by atoms with Gasteiger partial charge in [-0.05, 0) is 45.4 Å². The number of benzene rings is 2. The second kappa shape index (κ2) is 8.78. The van der Waals surface area contributed by atoms with E-state index >= 15 is 0 Å². The fraction of sp³-hybridized carbons (Fsp3) is 0.435. The van der Waals surface area contributed by atoms with Crippen LogP contribution in [0.3, 0.4) is 0 Å². The molecular weight excluding hydrogens is 400 g/mol. The molecule has 3 rings (SSSR count). The highest BCUT2D eigenvalue weighted by atomic mass is 32.2. The molecule has 0 aromatic heterocycles. The number of amides is 1. The van der Waals surface area contributed by atoms with Gasteiger partial charge in [0.05, 0.1) is 10.9 Å². The highest BCUT2D eigenvalue weighted by Gasteiger charge is 2.34. The molecule has 1 heterocycles. The minimum absolute atomic E-state index is 0.0873. The van der Waals surface area contributed by atoms with Gasteiger partial charge in [0.15, 0.2) is 0 Å². The smallest absolute Gasteiger partial charge is 0.242 e. The zero-order chi connectivity index (χ0) is 21.9. The lowest BCUT2D eigenvalue weighted by Crippen LogP contribution is -2.41. The Kier molecular flexibility index (Phi) is 6.53. The quantitative estimate of drug-likeness (QED) is 0.725. The van der Waals surface area contributed by atoms with Gasteiger partial charge in [-0.3, -0.25) is 4.79 Å². The summed E-state index contributed by atoms with van der Waals surface area (Å²) < 4.78 is 32.5. The van der Waals surface area contributed by atoms with E-state index in [4.69, 9.17) is 4.74 Å². The van der Waals surface area contributed by atoms with Crippen LogP contribution in [0.4, 0.5) is 0 Å². The summed E-state index contributed by atoms with van der Waals surface area (Å²) in [5.41, 5.74) is 1.74. The molecule has 162 valence electrons. The minimum atomic E-state index is -3.54. The van der Waals surface area contributed by atoms with Crippen molar-refractivity contribution >= 4 is 15.9 Å². The first kappa shape index (κ1) is 22.3. The lowest BCUT2D eigenvalue weighted by molar-refractivity contribution is -0.122. The molecule has 30 heavy (non-hydrogen) atoms. The molecule has 0 bridgehead atoms. The number of fused-ring (bicyclic) bond motifs is 1. The number of sulfonamides is 1. The lowest BCUT2D eigenvalue weighted by Gasteiger charge is -2.38. The fourth-order valence-electron chi connectivity index (χ4n) is 3.72. The average Bonchev–Trinajstić information content (AvgIpc) is 2.68. The van der Waals surface area contributed by atoms with E-state index in [9.17, 15) is 13.2 Å². The fourth-order valence-corrected chi connectivity index (χ4v) is 4.95. The summed E-state index contributed by atoms with van der Waals surface area (Å²) >= 11 is 0. The van der Waals surface area contributed by atoms with Gasteiger partial charge in [-0.25, -0.2) is 12.7 Å². The number of nitrogens with zero attached hydrogens (tertiary/aromatic N) is 1. The van der Waals surface area contributed by atoms with Crippen molar-refractivity contribution in [3.05, 3.63) is 59.7 Å². The van der Waals surface area contributed by atoms with Crippen molar-refractivity contribution in [1.82, 2.24) is 9.62 Å².